The fourth-order valence-corrected chi connectivity index (χ4v) is 6.41. The molecule has 0 bridgehead atoms. The van der Waals surface area contributed by atoms with Crippen LogP contribution in [0.4, 0.5) is 0 Å². The molecule has 0 radical (unpaired) electrons. The summed E-state index contributed by atoms with van der Waals surface area (Å²) in [7, 11) is 0. The highest BCUT2D eigenvalue weighted by molar-refractivity contribution is 5.69. The van der Waals surface area contributed by atoms with Gasteiger partial charge in [-0.1, -0.05) is 168 Å². The largest absolute Gasteiger partial charge is 0.465 e. The van der Waals surface area contributed by atoms with E-state index in [1.54, 1.807) is 0 Å². The standard InChI is InChI=1S/C45H84O4/c1-5-9-12-14-16-18-20-22-24-26-28-30-32-34-36-38-43(46)48-41-45(8-4,40-11-7-3)42-49-44(47)39-37-35-33-31-29-27-25-23-21-19-17-15-13-10-6-2/h22-25H,5-21,26-42H2,1-4H3/b24-22-,25-23-. The van der Waals surface area contributed by atoms with Gasteiger partial charge in [-0.15, -0.1) is 0 Å². The molecular weight excluding hydrogens is 604 g/mol. The maximum atomic E-state index is 12.6. The minimum Gasteiger partial charge on any atom is -0.465 e. The molecule has 0 unspecified atom stereocenters. The first-order chi connectivity index (χ1) is 24.0. The smallest absolute Gasteiger partial charge is 0.305 e. The topological polar surface area (TPSA) is 52.6 Å². The Kier molecular flexibility index (Phi) is 36.5. The van der Waals surface area contributed by atoms with E-state index in [2.05, 4.69) is 52.0 Å². The fraction of sp³-hybridized carbons (Fsp3) is 0.867. The van der Waals surface area contributed by atoms with Crippen LogP contribution in [0.1, 0.15) is 233 Å². The Morgan fingerprint density at radius 2 is 0.714 bits per heavy atom. The van der Waals surface area contributed by atoms with Crippen molar-refractivity contribution < 1.29 is 19.1 Å². The van der Waals surface area contributed by atoms with Crippen molar-refractivity contribution in [2.24, 2.45) is 5.41 Å². The third-order valence-corrected chi connectivity index (χ3v) is 10.2. The van der Waals surface area contributed by atoms with Gasteiger partial charge >= 0.3 is 11.9 Å². The second-order valence-corrected chi connectivity index (χ2v) is 14.9. The van der Waals surface area contributed by atoms with E-state index in [1.165, 1.54) is 141 Å². The lowest BCUT2D eigenvalue weighted by Crippen LogP contribution is -2.34. The minimum atomic E-state index is -0.271. The molecular formula is C45H84O4. The van der Waals surface area contributed by atoms with E-state index in [0.717, 1.165) is 51.4 Å². The summed E-state index contributed by atoms with van der Waals surface area (Å²) in [6.07, 6.45) is 46.8. The summed E-state index contributed by atoms with van der Waals surface area (Å²) in [5, 5.41) is 0. The van der Waals surface area contributed by atoms with Gasteiger partial charge in [0.15, 0.2) is 0 Å². The van der Waals surface area contributed by atoms with Crippen molar-refractivity contribution in [3.8, 4) is 0 Å². The zero-order valence-electron chi connectivity index (χ0n) is 33.5. The van der Waals surface area contributed by atoms with E-state index in [-0.39, 0.29) is 17.4 Å². The highest BCUT2D eigenvalue weighted by Crippen LogP contribution is 2.30. The van der Waals surface area contributed by atoms with Gasteiger partial charge in [0.2, 0.25) is 0 Å². The molecule has 4 heteroatoms. The number of hydrogen-bond acceptors (Lipinski definition) is 4. The van der Waals surface area contributed by atoms with Crippen molar-refractivity contribution >= 4 is 11.9 Å². The average molecular weight is 689 g/mol. The summed E-state index contributed by atoms with van der Waals surface area (Å²) in [6.45, 7) is 9.56. The van der Waals surface area contributed by atoms with E-state index in [4.69, 9.17) is 9.47 Å². The van der Waals surface area contributed by atoms with Gasteiger partial charge < -0.3 is 9.47 Å². The van der Waals surface area contributed by atoms with Crippen molar-refractivity contribution in [3.63, 3.8) is 0 Å². The number of hydrogen-bond donors (Lipinski definition) is 0. The van der Waals surface area contributed by atoms with Gasteiger partial charge in [0, 0.05) is 18.3 Å². The highest BCUT2D eigenvalue weighted by Gasteiger charge is 2.31. The maximum absolute atomic E-state index is 12.6. The number of esters is 2. The van der Waals surface area contributed by atoms with Crippen LogP contribution in [0.5, 0.6) is 0 Å². The molecule has 0 fully saturated rings. The second-order valence-electron chi connectivity index (χ2n) is 14.9. The van der Waals surface area contributed by atoms with Gasteiger partial charge in [-0.25, -0.2) is 0 Å². The SMILES string of the molecule is CCCCCCCC/C=C\CCCCCCCC(=O)OCC(CC)(CCCC)COC(=O)CCCCCCC/C=C\CCCCCCCC. The molecule has 0 saturated heterocycles. The van der Waals surface area contributed by atoms with Gasteiger partial charge in [-0.05, 0) is 77.0 Å². The predicted molar refractivity (Wildman–Crippen MR) is 213 cm³/mol. The van der Waals surface area contributed by atoms with Crippen LogP contribution < -0.4 is 0 Å². The van der Waals surface area contributed by atoms with Crippen molar-refractivity contribution in [2.75, 3.05) is 13.2 Å². The fourth-order valence-electron chi connectivity index (χ4n) is 6.41. The molecule has 0 aliphatic heterocycles. The third-order valence-electron chi connectivity index (χ3n) is 10.2. The van der Waals surface area contributed by atoms with Crippen molar-refractivity contribution in [1.82, 2.24) is 0 Å². The van der Waals surface area contributed by atoms with Crippen molar-refractivity contribution in [2.45, 2.75) is 233 Å². The van der Waals surface area contributed by atoms with Crippen LogP contribution in [0.15, 0.2) is 24.3 Å². The number of carbonyl (C=O) groups excluding carboxylic acids is 2. The van der Waals surface area contributed by atoms with Crippen LogP contribution in [0.3, 0.4) is 0 Å². The Bertz CT molecular complexity index is 714. The van der Waals surface area contributed by atoms with Crippen LogP contribution >= 0.6 is 0 Å². The predicted octanol–water partition coefficient (Wildman–Crippen LogP) is 14.7. The summed E-state index contributed by atoms with van der Waals surface area (Å²) in [5.74, 6) is -0.210. The second kappa shape index (κ2) is 37.7. The molecule has 0 aromatic rings. The summed E-state index contributed by atoms with van der Waals surface area (Å²) in [5.41, 5.74) is -0.271. The van der Waals surface area contributed by atoms with E-state index >= 15 is 0 Å². The summed E-state index contributed by atoms with van der Waals surface area (Å²) in [6, 6.07) is 0. The maximum Gasteiger partial charge on any atom is 0.305 e. The Hall–Kier alpha value is -1.58. The molecule has 0 atom stereocenters. The molecule has 0 aromatic heterocycles. The molecule has 0 spiro atoms. The highest BCUT2D eigenvalue weighted by atomic mass is 16.5. The van der Waals surface area contributed by atoms with Gasteiger partial charge in [0.25, 0.3) is 0 Å². The van der Waals surface area contributed by atoms with Gasteiger partial charge in [0.05, 0.1) is 0 Å². The molecule has 0 amide bonds. The van der Waals surface area contributed by atoms with Gasteiger partial charge in [-0.2, -0.15) is 0 Å². The van der Waals surface area contributed by atoms with Crippen LogP contribution in [0.2, 0.25) is 0 Å². The summed E-state index contributed by atoms with van der Waals surface area (Å²) < 4.78 is 11.6. The zero-order chi connectivity index (χ0) is 35.9. The average Bonchev–Trinajstić information content (AvgIpc) is 3.11. The molecule has 0 saturated carbocycles. The number of unbranched alkanes of at least 4 members (excludes halogenated alkanes) is 23. The van der Waals surface area contributed by atoms with Crippen LogP contribution in [0.25, 0.3) is 0 Å². The molecule has 49 heavy (non-hydrogen) atoms. The van der Waals surface area contributed by atoms with Gasteiger partial charge in [0.1, 0.15) is 13.2 Å². The molecule has 0 aromatic carbocycles. The molecule has 4 nitrogen and oxygen atoms in total. The van der Waals surface area contributed by atoms with E-state index < -0.39 is 0 Å². The van der Waals surface area contributed by atoms with Crippen LogP contribution in [0, 0.1) is 5.41 Å². The Labute approximate surface area is 306 Å². The zero-order valence-corrected chi connectivity index (χ0v) is 33.5. The Balaban J connectivity index is 4.00. The summed E-state index contributed by atoms with van der Waals surface area (Å²) >= 11 is 0. The van der Waals surface area contributed by atoms with E-state index in [1.807, 2.05) is 0 Å². The monoisotopic (exact) mass is 689 g/mol. The van der Waals surface area contributed by atoms with Crippen molar-refractivity contribution in [3.05, 3.63) is 24.3 Å². The molecule has 288 valence electrons. The molecule has 0 N–H and O–H groups in total. The summed E-state index contributed by atoms with van der Waals surface area (Å²) in [4.78, 5) is 25.2. The van der Waals surface area contributed by atoms with Crippen molar-refractivity contribution in [1.29, 1.82) is 0 Å². The Morgan fingerprint density at radius 3 is 1.04 bits per heavy atom. The lowest BCUT2D eigenvalue weighted by Gasteiger charge is -2.31. The van der Waals surface area contributed by atoms with E-state index in [9.17, 15) is 9.59 Å². The first kappa shape index (κ1) is 47.4. The Morgan fingerprint density at radius 1 is 0.408 bits per heavy atom. The molecule has 0 aliphatic rings. The first-order valence-electron chi connectivity index (χ1n) is 21.6. The number of rotatable bonds is 38. The quantitative estimate of drug-likeness (QED) is 0.0368. The number of allylic oxidation sites excluding steroid dienone is 4. The third kappa shape index (κ3) is 33.3. The first-order valence-corrected chi connectivity index (χ1v) is 21.6. The molecule has 0 rings (SSSR count). The molecule has 0 heterocycles. The number of carbonyl (C=O) groups is 2. The lowest BCUT2D eigenvalue weighted by molar-refractivity contribution is -0.155. The minimum absolute atomic E-state index is 0.105. The molecule has 0 aliphatic carbocycles. The van der Waals surface area contributed by atoms with E-state index in [0.29, 0.717) is 26.1 Å². The van der Waals surface area contributed by atoms with Crippen LogP contribution in [-0.4, -0.2) is 25.2 Å². The normalized spacial score (nSPS) is 12.0. The van der Waals surface area contributed by atoms with Gasteiger partial charge in [-0.3, -0.25) is 9.59 Å². The number of ether oxygens (including phenoxy) is 2. The lowest BCUT2D eigenvalue weighted by atomic mass is 9.81. The van der Waals surface area contributed by atoms with Crippen LogP contribution in [-0.2, 0) is 19.1 Å².